The van der Waals surface area contributed by atoms with Crippen molar-refractivity contribution < 1.29 is 18.4 Å². The maximum atomic E-state index is 12.9. The third kappa shape index (κ3) is 1.77. The van der Waals surface area contributed by atoms with Gasteiger partial charge in [0, 0.05) is 11.1 Å². The Morgan fingerprint density at radius 3 is 2.50 bits per heavy atom. The predicted molar refractivity (Wildman–Crippen MR) is 54.9 cm³/mol. The van der Waals surface area contributed by atoms with Crippen LogP contribution in [0, 0.1) is 5.82 Å². The van der Waals surface area contributed by atoms with Crippen LogP contribution in [-0.4, -0.2) is 12.6 Å². The molecule has 0 aliphatic rings. The normalized spacial score (nSPS) is 10.1. The molecule has 1 heterocycles. The second-order valence-corrected chi connectivity index (χ2v) is 3.17. The van der Waals surface area contributed by atoms with Gasteiger partial charge in [0.15, 0.2) is 18.3 Å². The Hall–Kier alpha value is -2.23. The summed E-state index contributed by atoms with van der Waals surface area (Å²) < 4.78 is 18.0. The monoisotopic (exact) mass is 218 g/mol. The fraction of sp³-hybridized carbons (Fsp3) is 0. The van der Waals surface area contributed by atoms with E-state index < -0.39 is 5.82 Å². The summed E-state index contributed by atoms with van der Waals surface area (Å²) in [5.41, 5.74) is 0.649. The Bertz CT molecular complexity index is 543. The first kappa shape index (κ1) is 10.3. The molecule has 80 valence electrons. The number of carbonyl (C=O) groups is 2. The molecule has 0 N–H and O–H groups in total. The number of aldehydes is 2. The topological polar surface area (TPSA) is 47.3 Å². The van der Waals surface area contributed by atoms with Crippen LogP contribution in [-0.2, 0) is 0 Å². The second-order valence-electron chi connectivity index (χ2n) is 3.17. The zero-order valence-corrected chi connectivity index (χ0v) is 8.14. The summed E-state index contributed by atoms with van der Waals surface area (Å²) in [7, 11) is 0. The smallest absolute Gasteiger partial charge is 0.185 e. The van der Waals surface area contributed by atoms with E-state index >= 15 is 0 Å². The number of halogens is 1. The van der Waals surface area contributed by atoms with E-state index in [2.05, 4.69) is 0 Å². The summed E-state index contributed by atoms with van der Waals surface area (Å²) in [5, 5.41) is 0. The van der Waals surface area contributed by atoms with Crippen molar-refractivity contribution in [3.8, 4) is 11.3 Å². The summed E-state index contributed by atoms with van der Waals surface area (Å²) >= 11 is 0. The van der Waals surface area contributed by atoms with Crippen LogP contribution in [0.1, 0.15) is 20.9 Å². The van der Waals surface area contributed by atoms with Gasteiger partial charge in [0.1, 0.15) is 11.6 Å². The average Bonchev–Trinajstić information content (AvgIpc) is 2.77. The fourth-order valence-electron chi connectivity index (χ4n) is 1.42. The maximum Gasteiger partial charge on any atom is 0.185 e. The molecule has 4 heteroatoms. The molecule has 0 saturated heterocycles. The molecule has 1 aromatic heterocycles. The fourth-order valence-corrected chi connectivity index (χ4v) is 1.42. The van der Waals surface area contributed by atoms with Gasteiger partial charge in [0.05, 0.1) is 0 Å². The van der Waals surface area contributed by atoms with Crippen LogP contribution in [0.15, 0.2) is 34.7 Å². The Morgan fingerprint density at radius 2 is 1.88 bits per heavy atom. The largest absolute Gasteiger partial charge is 0.453 e. The van der Waals surface area contributed by atoms with Crippen LogP contribution in [0.4, 0.5) is 4.39 Å². The third-order valence-electron chi connectivity index (χ3n) is 2.15. The Morgan fingerprint density at radius 1 is 1.06 bits per heavy atom. The minimum atomic E-state index is -0.493. The van der Waals surface area contributed by atoms with E-state index in [9.17, 15) is 14.0 Å². The van der Waals surface area contributed by atoms with Gasteiger partial charge in [-0.3, -0.25) is 9.59 Å². The quantitative estimate of drug-likeness (QED) is 0.744. The number of carbonyl (C=O) groups excluding carboxylic acids is 2. The van der Waals surface area contributed by atoms with Gasteiger partial charge in [-0.1, -0.05) is 0 Å². The standard InChI is InChI=1S/C12H7FO3/c13-9-1-3-11(8(5-9)6-14)12-4-2-10(7-15)16-12/h1-7H. The van der Waals surface area contributed by atoms with Crippen LogP contribution in [0.3, 0.4) is 0 Å². The van der Waals surface area contributed by atoms with Crippen molar-refractivity contribution in [2.24, 2.45) is 0 Å². The number of benzene rings is 1. The van der Waals surface area contributed by atoms with Crippen molar-refractivity contribution >= 4 is 12.6 Å². The SMILES string of the molecule is O=Cc1ccc(-c2ccc(F)cc2C=O)o1. The van der Waals surface area contributed by atoms with Crippen molar-refractivity contribution in [2.45, 2.75) is 0 Å². The summed E-state index contributed by atoms with van der Waals surface area (Å²) in [6, 6.07) is 6.83. The van der Waals surface area contributed by atoms with Gasteiger partial charge >= 0.3 is 0 Å². The summed E-state index contributed by atoms with van der Waals surface area (Å²) in [5.74, 6) is 0.0355. The van der Waals surface area contributed by atoms with Gasteiger partial charge in [0.2, 0.25) is 0 Å². The molecule has 3 nitrogen and oxygen atoms in total. The van der Waals surface area contributed by atoms with Gasteiger partial charge in [-0.15, -0.1) is 0 Å². The molecule has 16 heavy (non-hydrogen) atoms. The molecule has 2 aromatic rings. The van der Waals surface area contributed by atoms with Gasteiger partial charge in [0.25, 0.3) is 0 Å². The second kappa shape index (κ2) is 4.10. The summed E-state index contributed by atoms with van der Waals surface area (Å²) in [4.78, 5) is 21.2. The highest BCUT2D eigenvalue weighted by atomic mass is 19.1. The minimum absolute atomic E-state index is 0.163. The van der Waals surface area contributed by atoms with Crippen molar-refractivity contribution in [3.63, 3.8) is 0 Å². The first-order valence-corrected chi connectivity index (χ1v) is 4.54. The van der Waals surface area contributed by atoms with Gasteiger partial charge in [-0.05, 0) is 30.3 Å². The molecular weight excluding hydrogens is 211 g/mol. The number of furan rings is 1. The van der Waals surface area contributed by atoms with Gasteiger partial charge in [-0.25, -0.2) is 4.39 Å². The van der Waals surface area contributed by atoms with Crippen LogP contribution in [0.25, 0.3) is 11.3 Å². The Kier molecular flexibility index (Phi) is 2.64. The zero-order chi connectivity index (χ0) is 11.5. The molecule has 0 amide bonds. The van der Waals surface area contributed by atoms with Crippen molar-refractivity contribution in [1.29, 1.82) is 0 Å². The molecule has 0 bridgehead atoms. The molecule has 2 rings (SSSR count). The lowest BCUT2D eigenvalue weighted by Crippen LogP contribution is -1.87. The van der Waals surface area contributed by atoms with E-state index in [0.717, 1.165) is 6.07 Å². The highest BCUT2D eigenvalue weighted by Gasteiger charge is 2.09. The molecule has 0 fully saturated rings. The highest BCUT2D eigenvalue weighted by Crippen LogP contribution is 2.25. The van der Waals surface area contributed by atoms with Crippen molar-refractivity contribution in [1.82, 2.24) is 0 Å². The number of hydrogen-bond donors (Lipinski definition) is 0. The lowest BCUT2D eigenvalue weighted by molar-refractivity contribution is 0.110. The molecular formula is C12H7FO3. The molecule has 0 aliphatic heterocycles. The molecule has 0 radical (unpaired) electrons. The summed E-state index contributed by atoms with van der Waals surface area (Å²) in [6.07, 6.45) is 1.11. The van der Waals surface area contributed by atoms with Gasteiger partial charge < -0.3 is 4.42 Å². The number of hydrogen-bond acceptors (Lipinski definition) is 3. The van der Waals surface area contributed by atoms with E-state index in [1.165, 1.54) is 18.2 Å². The first-order valence-electron chi connectivity index (χ1n) is 4.54. The molecule has 0 aliphatic carbocycles. The van der Waals surface area contributed by atoms with Gasteiger partial charge in [-0.2, -0.15) is 0 Å². The van der Waals surface area contributed by atoms with E-state index in [1.807, 2.05) is 0 Å². The van der Waals surface area contributed by atoms with Crippen molar-refractivity contribution in [3.05, 3.63) is 47.5 Å². The molecule has 0 unspecified atom stereocenters. The lowest BCUT2D eigenvalue weighted by Gasteiger charge is -2.00. The Balaban J connectivity index is 2.54. The predicted octanol–water partition coefficient (Wildman–Crippen LogP) is 2.71. The van der Waals surface area contributed by atoms with Crippen LogP contribution in [0.2, 0.25) is 0 Å². The van der Waals surface area contributed by atoms with Crippen LogP contribution < -0.4 is 0 Å². The van der Waals surface area contributed by atoms with E-state index in [0.29, 0.717) is 23.9 Å². The van der Waals surface area contributed by atoms with Crippen LogP contribution >= 0.6 is 0 Å². The maximum absolute atomic E-state index is 12.9. The number of rotatable bonds is 3. The molecule has 0 saturated carbocycles. The molecule has 0 spiro atoms. The van der Waals surface area contributed by atoms with E-state index in [1.54, 1.807) is 6.07 Å². The highest BCUT2D eigenvalue weighted by molar-refractivity contribution is 5.86. The molecule has 0 atom stereocenters. The van der Waals surface area contributed by atoms with E-state index in [-0.39, 0.29) is 11.3 Å². The average molecular weight is 218 g/mol. The lowest BCUT2D eigenvalue weighted by atomic mass is 10.1. The van der Waals surface area contributed by atoms with E-state index in [4.69, 9.17) is 4.42 Å². The minimum Gasteiger partial charge on any atom is -0.453 e. The third-order valence-corrected chi connectivity index (χ3v) is 2.15. The van der Waals surface area contributed by atoms with Crippen molar-refractivity contribution in [2.75, 3.05) is 0 Å². The first-order chi connectivity index (χ1) is 7.74. The molecule has 1 aromatic carbocycles. The summed E-state index contributed by atoms with van der Waals surface area (Å²) in [6.45, 7) is 0. The Labute approximate surface area is 90.5 Å². The van der Waals surface area contributed by atoms with Crippen LogP contribution in [0.5, 0.6) is 0 Å². The zero-order valence-electron chi connectivity index (χ0n) is 8.14.